The largest absolute Gasteiger partial charge is 0.550 e. The van der Waals surface area contributed by atoms with Crippen molar-refractivity contribution in [2.24, 2.45) is 0 Å². The molecule has 0 aliphatic rings. The van der Waals surface area contributed by atoms with Gasteiger partial charge in [-0.25, -0.2) is 0 Å². The third-order valence-electron chi connectivity index (χ3n) is 2.67. The van der Waals surface area contributed by atoms with Crippen LogP contribution in [0.3, 0.4) is 0 Å². The zero-order valence-electron chi connectivity index (χ0n) is 12.2. The van der Waals surface area contributed by atoms with Crippen LogP contribution in [-0.2, 0) is 0 Å². The van der Waals surface area contributed by atoms with Gasteiger partial charge in [-0.2, -0.15) is 0 Å². The fourth-order valence-electron chi connectivity index (χ4n) is 1.94. The van der Waals surface area contributed by atoms with Gasteiger partial charge in [-0.3, -0.25) is 0 Å². The van der Waals surface area contributed by atoms with Crippen molar-refractivity contribution in [2.45, 2.75) is 6.92 Å². The number of hydrogen-bond acceptors (Lipinski definition) is 5. The molecule has 0 atom stereocenters. The quantitative estimate of drug-likeness (QED) is 0.491. The van der Waals surface area contributed by atoms with Crippen LogP contribution in [0, 0.1) is 0 Å². The molecule has 19 heavy (non-hydrogen) atoms. The summed E-state index contributed by atoms with van der Waals surface area (Å²) in [6.45, 7) is 1.95. The summed E-state index contributed by atoms with van der Waals surface area (Å²) in [5.74, 6) is 3.27. The van der Waals surface area contributed by atoms with Crippen molar-refractivity contribution in [3.63, 3.8) is 0 Å². The second-order valence-corrected chi connectivity index (χ2v) is 5.62. The normalized spacial score (nSPS) is 11.2. The maximum Gasteiger partial charge on any atom is 0.204 e. The molecule has 1 aromatic carbocycles. The summed E-state index contributed by atoms with van der Waals surface area (Å²) in [5.41, 5.74) is 0.867. The van der Waals surface area contributed by atoms with Crippen molar-refractivity contribution in [3.8, 4) is 28.7 Å². The molecule has 1 aromatic rings. The molecule has 0 N–H and O–H groups in total. The molecule has 0 saturated carbocycles. The molecule has 0 aliphatic carbocycles. The van der Waals surface area contributed by atoms with Crippen LogP contribution < -0.4 is 22.1 Å². The van der Waals surface area contributed by atoms with Crippen molar-refractivity contribution in [1.82, 2.24) is 0 Å². The first kappa shape index (κ1) is 16.1. The molecule has 0 aliphatic heterocycles. The van der Waals surface area contributed by atoms with E-state index in [1.165, 1.54) is 0 Å². The summed E-state index contributed by atoms with van der Waals surface area (Å²) >= 11 is 0. The molecular formula is C9H20O5Si5. The zero-order chi connectivity index (χ0) is 14.4. The minimum absolute atomic E-state index is 0.549. The van der Waals surface area contributed by atoms with Gasteiger partial charge in [0.2, 0.25) is 52.4 Å². The van der Waals surface area contributed by atoms with Crippen LogP contribution >= 0.6 is 0 Å². The van der Waals surface area contributed by atoms with E-state index in [2.05, 4.69) is 0 Å². The average Bonchev–Trinajstić information content (AvgIpc) is 2.45. The van der Waals surface area contributed by atoms with E-state index in [0.29, 0.717) is 81.2 Å². The molecule has 0 fully saturated rings. The second kappa shape index (κ2) is 7.59. The molecule has 0 spiro atoms. The van der Waals surface area contributed by atoms with Gasteiger partial charge in [-0.15, -0.1) is 0 Å². The molecule has 5 nitrogen and oxygen atoms in total. The summed E-state index contributed by atoms with van der Waals surface area (Å²) in [5, 5.41) is 0. The van der Waals surface area contributed by atoms with E-state index in [0.717, 1.165) is 5.56 Å². The van der Waals surface area contributed by atoms with Gasteiger partial charge < -0.3 is 22.1 Å². The summed E-state index contributed by atoms with van der Waals surface area (Å²) in [6, 6.07) is 0. The van der Waals surface area contributed by atoms with Gasteiger partial charge in [0.1, 0.15) is 0 Å². The van der Waals surface area contributed by atoms with Crippen LogP contribution in [-0.4, -0.2) is 52.4 Å². The van der Waals surface area contributed by atoms with Crippen molar-refractivity contribution in [2.75, 3.05) is 0 Å². The molecule has 0 radical (unpaired) electrons. The number of rotatable bonds is 6. The smallest absolute Gasteiger partial charge is 0.204 e. The Morgan fingerprint density at radius 2 is 0.947 bits per heavy atom. The lowest BCUT2D eigenvalue weighted by atomic mass is 10.1. The van der Waals surface area contributed by atoms with Crippen molar-refractivity contribution in [3.05, 3.63) is 11.6 Å². The number of hydrogen-bond donors (Lipinski definition) is 0. The van der Waals surface area contributed by atoms with E-state index < -0.39 is 0 Å². The van der Waals surface area contributed by atoms with Crippen LogP contribution in [0.1, 0.15) is 12.5 Å². The molecule has 0 aromatic heterocycles. The maximum atomic E-state index is 5.62. The Morgan fingerprint density at radius 1 is 0.632 bits per heavy atom. The molecule has 106 valence electrons. The Bertz CT molecular complexity index is 446. The van der Waals surface area contributed by atoms with Crippen LogP contribution in [0.4, 0.5) is 0 Å². The molecular weight excluding hydrogens is 329 g/mol. The lowest BCUT2D eigenvalue weighted by Gasteiger charge is -2.22. The third-order valence-corrected chi connectivity index (χ3v) is 4.71. The van der Waals surface area contributed by atoms with Crippen molar-refractivity contribution in [1.29, 1.82) is 0 Å². The van der Waals surface area contributed by atoms with Gasteiger partial charge in [0, 0.05) is 0 Å². The summed E-state index contributed by atoms with van der Waals surface area (Å²) in [6.07, 6.45) is 3.89. The molecule has 0 amide bonds. The maximum absolute atomic E-state index is 5.62. The zero-order valence-corrected chi connectivity index (χ0v) is 22.2. The molecule has 0 heterocycles. The van der Waals surface area contributed by atoms with Crippen LogP contribution in [0.5, 0.6) is 28.7 Å². The van der Waals surface area contributed by atoms with Gasteiger partial charge in [0.25, 0.3) is 0 Å². The summed E-state index contributed by atoms with van der Waals surface area (Å²) in [4.78, 5) is 0. The minimum Gasteiger partial charge on any atom is -0.550 e. The summed E-state index contributed by atoms with van der Waals surface area (Å²) in [7, 11) is 2.79. The van der Waals surface area contributed by atoms with E-state index in [4.69, 9.17) is 22.1 Å². The highest BCUT2D eigenvalue weighted by molar-refractivity contribution is 6.07. The predicted octanol–water partition coefficient (Wildman–Crippen LogP) is -3.98. The van der Waals surface area contributed by atoms with Crippen LogP contribution in [0.25, 0.3) is 6.08 Å². The highest BCUT2D eigenvalue weighted by atomic mass is 28.2. The monoisotopic (exact) mass is 348 g/mol. The highest BCUT2D eigenvalue weighted by Crippen LogP contribution is 2.53. The van der Waals surface area contributed by atoms with Gasteiger partial charge in [0.15, 0.2) is 28.7 Å². The van der Waals surface area contributed by atoms with Crippen LogP contribution in [0.15, 0.2) is 6.08 Å². The van der Waals surface area contributed by atoms with Crippen LogP contribution in [0.2, 0.25) is 0 Å². The van der Waals surface area contributed by atoms with Crippen molar-refractivity contribution < 1.29 is 22.1 Å². The van der Waals surface area contributed by atoms with Gasteiger partial charge >= 0.3 is 0 Å². The molecule has 0 saturated heterocycles. The summed E-state index contributed by atoms with van der Waals surface area (Å²) < 4.78 is 27.9. The Balaban J connectivity index is 3.79. The highest BCUT2D eigenvalue weighted by Gasteiger charge is 2.25. The fraction of sp³-hybridized carbons (Fsp3) is 0.111. The number of allylic oxidation sites excluding steroid dienone is 1. The Labute approximate surface area is 128 Å². The minimum atomic E-state index is 0.549. The lowest BCUT2D eigenvalue weighted by Crippen LogP contribution is -2.05. The standard InChI is InChI=1S/C9H20O5Si5/c1-2-3-4-5(10-15)7(12-17)9(14-19)8(13-18)6(4)11-16/h2-3H,1,15-19H3. The SMILES string of the molecule is CC=Cc1c(O[SiH3])c(O[SiH3])c(O[SiH3])c(O[SiH3])c1O[SiH3]. The van der Waals surface area contributed by atoms with E-state index in [1.54, 1.807) is 0 Å². The molecule has 10 heteroatoms. The average molecular weight is 349 g/mol. The van der Waals surface area contributed by atoms with E-state index in [-0.39, 0.29) is 0 Å². The Morgan fingerprint density at radius 3 is 1.21 bits per heavy atom. The Kier molecular flexibility index (Phi) is 6.43. The van der Waals surface area contributed by atoms with Gasteiger partial charge in [-0.1, -0.05) is 12.2 Å². The molecule has 0 bridgehead atoms. The first-order valence-electron chi connectivity index (χ1n) is 5.76. The molecule has 0 unspecified atom stereocenters. The Hall–Kier alpha value is -0.956. The third kappa shape index (κ3) is 2.97. The molecule has 1 rings (SSSR count). The van der Waals surface area contributed by atoms with Gasteiger partial charge in [-0.05, 0) is 6.92 Å². The lowest BCUT2D eigenvalue weighted by molar-refractivity contribution is 0.460. The van der Waals surface area contributed by atoms with E-state index in [9.17, 15) is 0 Å². The first-order valence-corrected chi connectivity index (χ1v) is 9.84. The van der Waals surface area contributed by atoms with E-state index in [1.807, 2.05) is 19.1 Å². The number of benzene rings is 1. The van der Waals surface area contributed by atoms with E-state index >= 15 is 0 Å². The second-order valence-electron chi connectivity index (χ2n) is 3.58. The first-order chi connectivity index (χ1) is 9.19. The van der Waals surface area contributed by atoms with Crippen molar-refractivity contribution >= 4 is 58.5 Å². The predicted molar refractivity (Wildman–Crippen MR) is 94.0 cm³/mol. The topological polar surface area (TPSA) is 46.2 Å². The fourth-order valence-corrected chi connectivity index (χ4v) is 3.86. The van der Waals surface area contributed by atoms with Gasteiger partial charge in [0.05, 0.1) is 5.56 Å².